The molecule has 0 unspecified atom stereocenters. The van der Waals surface area contributed by atoms with Crippen LogP contribution in [-0.4, -0.2) is 15.9 Å². The average molecular weight is 509 g/mol. The second-order valence-corrected chi connectivity index (χ2v) is 9.83. The Labute approximate surface area is 210 Å². The number of aromatic nitrogens is 2. The quantitative estimate of drug-likeness (QED) is 0.290. The molecule has 4 aromatic rings. The van der Waals surface area contributed by atoms with E-state index in [9.17, 15) is 18.0 Å². The summed E-state index contributed by atoms with van der Waals surface area (Å²) in [4.78, 5) is 21.0. The number of carbonyl (C=O) groups excluding carboxylic acids is 1. The number of halogens is 3. The number of anilines is 3. The van der Waals surface area contributed by atoms with Gasteiger partial charge in [0.2, 0.25) is 5.91 Å². The molecule has 184 valence electrons. The number of nitrogens with zero attached hydrogens (tertiary/aromatic N) is 2. The molecular weight excluding hydrogens is 485 g/mol. The maximum atomic E-state index is 12.8. The first-order valence-electron chi connectivity index (χ1n) is 11.6. The molecule has 1 fully saturated rings. The van der Waals surface area contributed by atoms with Gasteiger partial charge in [0, 0.05) is 24.0 Å². The van der Waals surface area contributed by atoms with Crippen LogP contribution in [0.3, 0.4) is 0 Å². The van der Waals surface area contributed by atoms with Crippen LogP contribution >= 0.6 is 11.3 Å². The van der Waals surface area contributed by atoms with Gasteiger partial charge in [0.15, 0.2) is 0 Å². The maximum absolute atomic E-state index is 12.8. The number of thiophene rings is 1. The van der Waals surface area contributed by atoms with Gasteiger partial charge >= 0.3 is 6.18 Å². The number of pyridine rings is 2. The van der Waals surface area contributed by atoms with Gasteiger partial charge in [0.05, 0.1) is 20.8 Å². The Morgan fingerprint density at radius 2 is 1.86 bits per heavy atom. The molecule has 1 amide bonds. The monoisotopic (exact) mass is 508 g/mol. The molecular formula is C27H23F3N4OS. The molecule has 3 aromatic heterocycles. The molecule has 2 N–H and O–H groups in total. The summed E-state index contributed by atoms with van der Waals surface area (Å²) in [5.41, 5.74) is 3.11. The SMILES string of the molecule is O=C(Nc1cc2ncccc2s1)C1CCC(=Cc2cccc(Nc3ccc(C(F)(F)F)cn3)c2)CC1. The number of alkyl halides is 3. The highest BCUT2D eigenvalue weighted by Gasteiger charge is 2.30. The predicted octanol–water partition coefficient (Wildman–Crippen LogP) is 7.67. The van der Waals surface area contributed by atoms with E-state index in [0.29, 0.717) is 5.82 Å². The summed E-state index contributed by atoms with van der Waals surface area (Å²) in [7, 11) is 0. The fourth-order valence-corrected chi connectivity index (χ4v) is 5.20. The number of hydrogen-bond donors (Lipinski definition) is 2. The molecule has 0 bridgehead atoms. The maximum Gasteiger partial charge on any atom is 0.417 e. The molecule has 0 saturated heterocycles. The zero-order valence-corrected chi connectivity index (χ0v) is 20.0. The summed E-state index contributed by atoms with van der Waals surface area (Å²) in [5.74, 6) is 0.364. The van der Waals surface area contributed by atoms with Crippen LogP contribution in [0.5, 0.6) is 0 Å². The number of allylic oxidation sites excluding steroid dienone is 1. The Morgan fingerprint density at radius 1 is 1.03 bits per heavy atom. The molecule has 1 saturated carbocycles. The molecule has 5 nitrogen and oxygen atoms in total. The first-order valence-corrected chi connectivity index (χ1v) is 12.4. The van der Waals surface area contributed by atoms with Gasteiger partial charge in [-0.05, 0) is 73.7 Å². The van der Waals surface area contributed by atoms with E-state index in [0.717, 1.165) is 64.4 Å². The van der Waals surface area contributed by atoms with E-state index in [4.69, 9.17) is 0 Å². The van der Waals surface area contributed by atoms with Crippen molar-refractivity contribution in [2.24, 2.45) is 5.92 Å². The topological polar surface area (TPSA) is 66.9 Å². The lowest BCUT2D eigenvalue weighted by atomic mass is 9.84. The standard InChI is InChI=1S/C27H23F3N4OS/c28-27(29,30)20-10-11-24(32-16-20)33-21-4-1-3-18(14-21)13-17-6-8-19(9-7-17)26(35)34-25-15-22-23(36-25)5-2-12-31-22/h1-5,10-16,19H,6-9H2,(H,32,33)(H,34,35). The summed E-state index contributed by atoms with van der Waals surface area (Å²) in [5, 5.41) is 6.92. The van der Waals surface area contributed by atoms with E-state index in [1.54, 1.807) is 6.20 Å². The molecule has 1 aliphatic rings. The van der Waals surface area contributed by atoms with Crippen molar-refractivity contribution in [1.82, 2.24) is 9.97 Å². The van der Waals surface area contributed by atoms with Gasteiger partial charge in [-0.25, -0.2) is 4.98 Å². The predicted molar refractivity (Wildman–Crippen MR) is 137 cm³/mol. The van der Waals surface area contributed by atoms with E-state index in [-0.39, 0.29) is 11.8 Å². The minimum Gasteiger partial charge on any atom is -0.340 e. The summed E-state index contributed by atoms with van der Waals surface area (Å²) in [6.07, 6.45) is 3.52. The largest absolute Gasteiger partial charge is 0.417 e. The fraction of sp³-hybridized carbons (Fsp3) is 0.222. The van der Waals surface area contributed by atoms with Crippen LogP contribution in [0, 0.1) is 5.92 Å². The van der Waals surface area contributed by atoms with Crippen molar-refractivity contribution in [3.8, 4) is 0 Å². The van der Waals surface area contributed by atoms with E-state index in [2.05, 4.69) is 26.7 Å². The Bertz CT molecular complexity index is 1370. The Hall–Kier alpha value is -3.72. The van der Waals surface area contributed by atoms with E-state index >= 15 is 0 Å². The first kappa shape index (κ1) is 24.0. The number of benzene rings is 1. The lowest BCUT2D eigenvalue weighted by Crippen LogP contribution is -2.24. The van der Waals surface area contributed by atoms with Gasteiger partial charge in [-0.1, -0.05) is 23.8 Å². The van der Waals surface area contributed by atoms with Gasteiger partial charge in [-0.2, -0.15) is 13.2 Å². The smallest absolute Gasteiger partial charge is 0.340 e. The molecule has 3 heterocycles. The minimum atomic E-state index is -4.41. The molecule has 0 spiro atoms. The lowest BCUT2D eigenvalue weighted by molar-refractivity contribution is -0.137. The number of nitrogens with one attached hydrogen (secondary N) is 2. The Morgan fingerprint density at radius 3 is 2.58 bits per heavy atom. The van der Waals surface area contributed by atoms with Crippen molar-refractivity contribution in [1.29, 1.82) is 0 Å². The van der Waals surface area contributed by atoms with Crippen molar-refractivity contribution < 1.29 is 18.0 Å². The van der Waals surface area contributed by atoms with Crippen LogP contribution in [-0.2, 0) is 11.0 Å². The molecule has 36 heavy (non-hydrogen) atoms. The third-order valence-corrected chi connectivity index (χ3v) is 7.16. The van der Waals surface area contributed by atoms with Crippen LogP contribution in [0.15, 0.2) is 72.6 Å². The molecule has 1 aliphatic carbocycles. The van der Waals surface area contributed by atoms with Gasteiger partial charge in [0.1, 0.15) is 5.82 Å². The van der Waals surface area contributed by atoms with Crippen molar-refractivity contribution in [2.75, 3.05) is 10.6 Å². The van der Waals surface area contributed by atoms with E-state index in [1.165, 1.54) is 23.0 Å². The van der Waals surface area contributed by atoms with Crippen LogP contribution in [0.2, 0.25) is 0 Å². The van der Waals surface area contributed by atoms with Gasteiger partial charge in [0.25, 0.3) is 0 Å². The average Bonchev–Trinajstić information content (AvgIpc) is 3.27. The number of hydrogen-bond acceptors (Lipinski definition) is 5. The molecule has 0 aliphatic heterocycles. The zero-order valence-electron chi connectivity index (χ0n) is 19.2. The van der Waals surface area contributed by atoms with Gasteiger partial charge in [-0.15, -0.1) is 11.3 Å². The summed E-state index contributed by atoms with van der Waals surface area (Å²) in [6, 6.07) is 15.7. The van der Waals surface area contributed by atoms with Crippen LogP contribution in [0.1, 0.15) is 36.8 Å². The van der Waals surface area contributed by atoms with E-state index in [1.807, 2.05) is 42.5 Å². The van der Waals surface area contributed by atoms with Crippen LogP contribution < -0.4 is 10.6 Å². The molecule has 0 atom stereocenters. The van der Waals surface area contributed by atoms with Gasteiger partial charge in [-0.3, -0.25) is 9.78 Å². The van der Waals surface area contributed by atoms with E-state index < -0.39 is 11.7 Å². The number of amides is 1. The Balaban J connectivity index is 1.17. The van der Waals surface area contributed by atoms with Crippen molar-refractivity contribution in [3.63, 3.8) is 0 Å². The molecule has 9 heteroatoms. The molecule has 0 radical (unpaired) electrons. The number of carbonyl (C=O) groups is 1. The molecule has 1 aromatic carbocycles. The Kier molecular flexibility index (Phi) is 6.73. The minimum absolute atomic E-state index is 0.0286. The fourth-order valence-electron chi connectivity index (χ4n) is 4.28. The molecule has 5 rings (SSSR count). The van der Waals surface area contributed by atoms with Gasteiger partial charge < -0.3 is 10.6 Å². The second kappa shape index (κ2) is 10.1. The van der Waals surface area contributed by atoms with Crippen molar-refractivity contribution >= 4 is 50.0 Å². The second-order valence-electron chi connectivity index (χ2n) is 8.74. The van der Waals surface area contributed by atoms with Crippen LogP contribution in [0.25, 0.3) is 16.3 Å². The van der Waals surface area contributed by atoms with Crippen LogP contribution in [0.4, 0.5) is 29.7 Å². The summed E-state index contributed by atoms with van der Waals surface area (Å²) >= 11 is 1.53. The first-order chi connectivity index (χ1) is 17.3. The normalized spacial score (nSPS) is 16.1. The third kappa shape index (κ3) is 5.73. The highest BCUT2D eigenvalue weighted by molar-refractivity contribution is 7.22. The number of rotatable bonds is 5. The zero-order chi connectivity index (χ0) is 25.1. The number of fused-ring (bicyclic) bond motifs is 1. The third-order valence-electron chi connectivity index (χ3n) is 6.15. The highest BCUT2D eigenvalue weighted by atomic mass is 32.1. The van der Waals surface area contributed by atoms with Crippen molar-refractivity contribution in [2.45, 2.75) is 31.9 Å². The summed E-state index contributed by atoms with van der Waals surface area (Å²) < 4.78 is 39.3. The summed E-state index contributed by atoms with van der Waals surface area (Å²) in [6.45, 7) is 0. The lowest BCUT2D eigenvalue weighted by Gasteiger charge is -2.23. The highest BCUT2D eigenvalue weighted by Crippen LogP contribution is 2.33. The van der Waals surface area contributed by atoms with Crippen molar-refractivity contribution in [3.05, 3.63) is 83.7 Å².